The van der Waals surface area contributed by atoms with Crippen LogP contribution in [0, 0.1) is 0 Å². The molecular weight excluding hydrogens is 454 g/mol. The van der Waals surface area contributed by atoms with Gasteiger partial charge in [0, 0.05) is 0 Å². The van der Waals surface area contributed by atoms with Crippen LogP contribution in [0.2, 0.25) is 0 Å². The molecule has 3 aromatic carbocycles. The third kappa shape index (κ3) is 4.15. The second kappa shape index (κ2) is 8.80. The second-order valence-corrected chi connectivity index (χ2v) is 9.86. The number of hydrogen-bond donors (Lipinski definition) is 1. The molecule has 0 fully saturated rings. The topological polar surface area (TPSA) is 79.4 Å². The Balaban J connectivity index is 1.28. The molecule has 0 saturated heterocycles. The van der Waals surface area contributed by atoms with Gasteiger partial charge in [-0.3, -0.25) is 14.4 Å². The molecule has 0 bridgehead atoms. The molecule has 5 rings (SSSR count). The summed E-state index contributed by atoms with van der Waals surface area (Å²) in [6.45, 7) is 1.95. The maximum absolute atomic E-state index is 12.8. The third-order valence-electron chi connectivity index (χ3n) is 5.41. The molecule has 2 heterocycles. The van der Waals surface area contributed by atoms with Crippen molar-refractivity contribution in [1.82, 2.24) is 10.3 Å². The Hall–Kier alpha value is -3.49. The van der Waals surface area contributed by atoms with Crippen LogP contribution in [0.25, 0.3) is 10.2 Å². The van der Waals surface area contributed by atoms with E-state index in [1.54, 1.807) is 42.5 Å². The number of hydrogen-bond acceptors (Lipinski definition) is 6. The molecule has 164 valence electrons. The van der Waals surface area contributed by atoms with Gasteiger partial charge in [-0.05, 0) is 42.8 Å². The number of nitrogens with zero attached hydrogens (tertiary/aromatic N) is 2. The van der Waals surface area contributed by atoms with E-state index in [4.69, 9.17) is 0 Å². The average molecular weight is 474 g/mol. The quantitative estimate of drug-likeness (QED) is 0.313. The van der Waals surface area contributed by atoms with Gasteiger partial charge in [0.15, 0.2) is 4.34 Å². The number of nitrogens with one attached hydrogen (secondary N) is 1. The first-order valence-corrected chi connectivity index (χ1v) is 12.2. The summed E-state index contributed by atoms with van der Waals surface area (Å²) in [5.74, 6) is -0.457. The number of imide groups is 1. The highest BCUT2D eigenvalue weighted by atomic mass is 32.2. The van der Waals surface area contributed by atoms with Crippen LogP contribution >= 0.6 is 23.1 Å². The lowest BCUT2D eigenvalue weighted by molar-refractivity contribution is -0.119. The summed E-state index contributed by atoms with van der Waals surface area (Å²) in [4.78, 5) is 43.7. The van der Waals surface area contributed by atoms with Gasteiger partial charge in [0.1, 0.15) is 0 Å². The van der Waals surface area contributed by atoms with Gasteiger partial charge >= 0.3 is 0 Å². The van der Waals surface area contributed by atoms with Crippen molar-refractivity contribution in [3.8, 4) is 0 Å². The minimum absolute atomic E-state index is 0.0673. The number of aromatic nitrogens is 1. The van der Waals surface area contributed by atoms with Crippen molar-refractivity contribution in [2.75, 3.05) is 10.7 Å². The molecule has 1 aliphatic heterocycles. The Morgan fingerprint density at radius 1 is 1.00 bits per heavy atom. The van der Waals surface area contributed by atoms with Crippen molar-refractivity contribution in [2.24, 2.45) is 0 Å². The fourth-order valence-corrected chi connectivity index (χ4v) is 5.66. The summed E-state index contributed by atoms with van der Waals surface area (Å²) in [5, 5.41) is 3.00. The molecule has 1 atom stereocenters. The average Bonchev–Trinajstić information content (AvgIpc) is 3.36. The van der Waals surface area contributed by atoms with Gasteiger partial charge in [0.2, 0.25) is 5.91 Å². The molecule has 0 spiro atoms. The smallest absolute Gasteiger partial charge is 0.266 e. The SMILES string of the molecule is C[C@@H](NC(=O)CSc1nc2ccc(N3C(=O)c4ccccc4C3=O)cc2s1)c1ccccc1. The molecule has 4 aromatic rings. The van der Waals surface area contributed by atoms with Gasteiger partial charge < -0.3 is 5.32 Å². The molecule has 3 amide bonds. The van der Waals surface area contributed by atoms with Crippen molar-refractivity contribution in [1.29, 1.82) is 0 Å². The highest BCUT2D eigenvalue weighted by Gasteiger charge is 2.36. The first kappa shape index (κ1) is 21.4. The molecule has 1 aromatic heterocycles. The van der Waals surface area contributed by atoms with Crippen molar-refractivity contribution in [3.63, 3.8) is 0 Å². The molecule has 0 aliphatic carbocycles. The third-order valence-corrected chi connectivity index (χ3v) is 7.57. The molecule has 0 saturated carbocycles. The standard InChI is InChI=1S/C25H19N3O3S2/c1-15(16-7-3-2-4-8-16)26-22(29)14-32-25-27-20-12-11-17(13-21(20)33-25)28-23(30)18-9-5-6-10-19(18)24(28)31/h2-13,15H,14H2,1H3,(H,26,29)/t15-/m1/s1. The highest BCUT2D eigenvalue weighted by molar-refractivity contribution is 8.01. The molecular formula is C25H19N3O3S2. The second-order valence-electron chi connectivity index (χ2n) is 7.61. The first-order chi connectivity index (χ1) is 16.0. The Morgan fingerprint density at radius 2 is 1.67 bits per heavy atom. The molecule has 33 heavy (non-hydrogen) atoms. The van der Waals surface area contributed by atoms with Gasteiger partial charge in [-0.15, -0.1) is 11.3 Å². The molecule has 0 radical (unpaired) electrons. The van der Waals surface area contributed by atoms with E-state index in [1.165, 1.54) is 28.0 Å². The van der Waals surface area contributed by atoms with E-state index in [-0.39, 0.29) is 29.5 Å². The van der Waals surface area contributed by atoms with E-state index in [2.05, 4.69) is 10.3 Å². The minimum atomic E-state index is -0.321. The van der Waals surface area contributed by atoms with Gasteiger partial charge in [-0.25, -0.2) is 9.88 Å². The van der Waals surface area contributed by atoms with Gasteiger partial charge in [-0.1, -0.05) is 54.2 Å². The van der Waals surface area contributed by atoms with Crippen LogP contribution in [0.1, 0.15) is 39.2 Å². The maximum atomic E-state index is 12.8. The monoisotopic (exact) mass is 473 g/mol. The molecule has 1 aliphatic rings. The summed E-state index contributed by atoms with van der Waals surface area (Å²) in [6.07, 6.45) is 0. The summed E-state index contributed by atoms with van der Waals surface area (Å²) in [6, 6.07) is 21.9. The fraction of sp³-hybridized carbons (Fsp3) is 0.120. The number of rotatable bonds is 6. The van der Waals surface area contributed by atoms with E-state index in [9.17, 15) is 14.4 Å². The number of carbonyl (C=O) groups excluding carboxylic acids is 3. The van der Waals surface area contributed by atoms with Crippen LogP contribution in [-0.2, 0) is 4.79 Å². The molecule has 0 unspecified atom stereocenters. The number of amides is 3. The summed E-state index contributed by atoms with van der Waals surface area (Å²) in [7, 11) is 0. The number of benzene rings is 3. The number of thioether (sulfide) groups is 1. The highest BCUT2D eigenvalue weighted by Crippen LogP contribution is 2.34. The van der Waals surface area contributed by atoms with E-state index >= 15 is 0 Å². The van der Waals surface area contributed by atoms with Crippen molar-refractivity contribution in [3.05, 3.63) is 89.5 Å². The van der Waals surface area contributed by atoms with Crippen LogP contribution in [-0.4, -0.2) is 28.5 Å². The number of thiazole rings is 1. The van der Waals surface area contributed by atoms with E-state index in [0.717, 1.165) is 20.1 Å². The predicted molar refractivity (Wildman–Crippen MR) is 131 cm³/mol. The van der Waals surface area contributed by atoms with Gasteiger partial charge in [0.25, 0.3) is 11.8 Å². The van der Waals surface area contributed by atoms with Crippen LogP contribution < -0.4 is 10.2 Å². The Labute approximate surface area is 198 Å². The zero-order chi connectivity index (χ0) is 22.9. The molecule has 8 heteroatoms. The summed E-state index contributed by atoms with van der Waals surface area (Å²) >= 11 is 2.80. The zero-order valence-electron chi connectivity index (χ0n) is 17.6. The number of anilines is 1. The van der Waals surface area contributed by atoms with E-state index in [1.807, 2.05) is 37.3 Å². The zero-order valence-corrected chi connectivity index (χ0v) is 19.3. The van der Waals surface area contributed by atoms with Gasteiger partial charge in [-0.2, -0.15) is 0 Å². The predicted octanol–water partition coefficient (Wildman–Crippen LogP) is 5.07. The summed E-state index contributed by atoms with van der Waals surface area (Å²) in [5.41, 5.74) is 3.17. The van der Waals surface area contributed by atoms with Gasteiger partial charge in [0.05, 0.1) is 38.8 Å². The Bertz CT molecular complexity index is 1350. The van der Waals surface area contributed by atoms with Crippen LogP contribution in [0.5, 0.6) is 0 Å². The largest absolute Gasteiger partial charge is 0.349 e. The lowest BCUT2D eigenvalue weighted by Gasteiger charge is -2.13. The van der Waals surface area contributed by atoms with Crippen molar-refractivity contribution < 1.29 is 14.4 Å². The molecule has 6 nitrogen and oxygen atoms in total. The van der Waals surface area contributed by atoms with E-state index < -0.39 is 0 Å². The van der Waals surface area contributed by atoms with Crippen molar-refractivity contribution >= 4 is 56.7 Å². The Morgan fingerprint density at radius 3 is 2.36 bits per heavy atom. The fourth-order valence-electron chi connectivity index (χ4n) is 3.75. The lowest BCUT2D eigenvalue weighted by atomic mass is 10.1. The van der Waals surface area contributed by atoms with Crippen LogP contribution in [0.3, 0.4) is 0 Å². The summed E-state index contributed by atoms with van der Waals surface area (Å²) < 4.78 is 1.61. The van der Waals surface area contributed by atoms with E-state index in [0.29, 0.717) is 16.8 Å². The van der Waals surface area contributed by atoms with Crippen LogP contribution in [0.4, 0.5) is 5.69 Å². The maximum Gasteiger partial charge on any atom is 0.266 e. The molecule has 1 N–H and O–H groups in total. The first-order valence-electron chi connectivity index (χ1n) is 10.4. The van der Waals surface area contributed by atoms with Crippen molar-refractivity contribution in [2.45, 2.75) is 17.3 Å². The Kier molecular flexibility index (Phi) is 5.70. The lowest BCUT2D eigenvalue weighted by Crippen LogP contribution is -2.29. The normalized spacial score (nSPS) is 13.9. The van der Waals surface area contributed by atoms with Crippen LogP contribution in [0.15, 0.2) is 77.1 Å². The minimum Gasteiger partial charge on any atom is -0.349 e. The number of carbonyl (C=O) groups is 3. The number of fused-ring (bicyclic) bond motifs is 2.